The molecule has 2 heterocycles. The molecule has 3 rings (SSSR count). The highest BCUT2D eigenvalue weighted by molar-refractivity contribution is 7.10. The Kier molecular flexibility index (Phi) is 7.02. The number of aryl methyl sites for hydroxylation is 1. The number of hydrogen-bond donors (Lipinski definition) is 1. The number of esters is 1. The third-order valence-corrected chi connectivity index (χ3v) is 5.90. The summed E-state index contributed by atoms with van der Waals surface area (Å²) in [7, 11) is 1.30. The van der Waals surface area contributed by atoms with Crippen LogP contribution in [-0.2, 0) is 28.9 Å². The number of nitrogens with one attached hydrogen (secondary N) is 1. The number of anilines is 1. The third kappa shape index (κ3) is 5.08. The number of rotatable bonds is 7. The lowest BCUT2D eigenvalue weighted by atomic mass is 10.1. The number of hydrogen-bond acceptors (Lipinski definition) is 5. The van der Waals surface area contributed by atoms with Crippen molar-refractivity contribution in [2.75, 3.05) is 12.4 Å². The van der Waals surface area contributed by atoms with E-state index < -0.39 is 17.4 Å². The van der Waals surface area contributed by atoms with Crippen LogP contribution in [-0.4, -0.2) is 23.6 Å². The fraction of sp³-hybridized carbons (Fsp3) is 0.261. The molecule has 0 aliphatic heterocycles. The van der Waals surface area contributed by atoms with Gasteiger partial charge in [0.25, 0.3) is 11.5 Å². The molecule has 0 bridgehead atoms. The Bertz CT molecular complexity index is 1170. The quantitative estimate of drug-likeness (QED) is 0.563. The Morgan fingerprint density at radius 3 is 2.55 bits per heavy atom. The first-order chi connectivity index (χ1) is 14.8. The topological polar surface area (TPSA) is 77.4 Å². The monoisotopic (exact) mass is 442 g/mol. The molecule has 3 aromatic rings. The summed E-state index contributed by atoms with van der Waals surface area (Å²) in [6, 6.07) is 9.19. The van der Waals surface area contributed by atoms with E-state index in [1.807, 2.05) is 13.8 Å². The SMILES string of the molecule is CCc1c(C)cc(C(=O)Nc2ccsc2CC(=O)OC)c(=O)n1Cc1ccc(F)cc1. The van der Waals surface area contributed by atoms with Gasteiger partial charge in [-0.1, -0.05) is 19.1 Å². The van der Waals surface area contributed by atoms with Gasteiger partial charge in [-0.15, -0.1) is 11.3 Å². The van der Waals surface area contributed by atoms with Crippen molar-refractivity contribution in [1.29, 1.82) is 0 Å². The minimum absolute atomic E-state index is 0.00651. The van der Waals surface area contributed by atoms with Gasteiger partial charge in [0, 0.05) is 10.6 Å². The van der Waals surface area contributed by atoms with E-state index in [-0.39, 0.29) is 24.3 Å². The van der Waals surface area contributed by atoms with E-state index in [0.717, 1.165) is 16.8 Å². The van der Waals surface area contributed by atoms with Crippen LogP contribution in [0, 0.1) is 12.7 Å². The van der Waals surface area contributed by atoms with Crippen LogP contribution in [0.5, 0.6) is 0 Å². The fourth-order valence-electron chi connectivity index (χ4n) is 3.40. The molecule has 1 aromatic carbocycles. The van der Waals surface area contributed by atoms with E-state index in [0.29, 0.717) is 17.0 Å². The van der Waals surface area contributed by atoms with E-state index in [9.17, 15) is 18.8 Å². The van der Waals surface area contributed by atoms with E-state index in [1.165, 1.54) is 30.6 Å². The van der Waals surface area contributed by atoms with Crippen LogP contribution in [0.3, 0.4) is 0 Å². The third-order valence-electron chi connectivity index (χ3n) is 4.98. The van der Waals surface area contributed by atoms with E-state index >= 15 is 0 Å². The van der Waals surface area contributed by atoms with Crippen LogP contribution < -0.4 is 10.9 Å². The maximum atomic E-state index is 13.2. The molecule has 6 nitrogen and oxygen atoms in total. The molecule has 0 spiro atoms. The first-order valence-corrected chi connectivity index (χ1v) is 10.6. The molecule has 0 aliphatic rings. The normalized spacial score (nSPS) is 10.7. The summed E-state index contributed by atoms with van der Waals surface area (Å²) < 4.78 is 19.5. The van der Waals surface area contributed by atoms with E-state index in [1.54, 1.807) is 34.2 Å². The molecule has 0 saturated heterocycles. The number of halogens is 1. The lowest BCUT2D eigenvalue weighted by Crippen LogP contribution is -2.32. The van der Waals surface area contributed by atoms with Gasteiger partial charge in [-0.25, -0.2) is 4.39 Å². The van der Waals surface area contributed by atoms with Crippen molar-refractivity contribution < 1.29 is 18.7 Å². The van der Waals surface area contributed by atoms with Crippen LogP contribution in [0.1, 0.15) is 39.0 Å². The molecular formula is C23H23FN2O4S. The molecule has 1 amide bonds. The number of thiophene rings is 1. The lowest BCUT2D eigenvalue weighted by molar-refractivity contribution is -0.139. The number of nitrogens with zero attached hydrogens (tertiary/aromatic N) is 1. The fourth-order valence-corrected chi connectivity index (χ4v) is 4.21. The summed E-state index contributed by atoms with van der Waals surface area (Å²) in [5.41, 5.74) is 2.44. The molecule has 0 aliphatic carbocycles. The summed E-state index contributed by atoms with van der Waals surface area (Å²) in [6.45, 7) is 4.02. The van der Waals surface area contributed by atoms with Gasteiger partial charge in [0.05, 0.1) is 25.8 Å². The van der Waals surface area contributed by atoms with Crippen molar-refractivity contribution in [3.8, 4) is 0 Å². The molecule has 0 radical (unpaired) electrons. The zero-order chi connectivity index (χ0) is 22.5. The number of methoxy groups -OCH3 is 1. The second-order valence-corrected chi connectivity index (χ2v) is 8.02. The van der Waals surface area contributed by atoms with Gasteiger partial charge >= 0.3 is 5.97 Å². The average Bonchev–Trinajstić information content (AvgIpc) is 3.18. The van der Waals surface area contributed by atoms with Crippen molar-refractivity contribution in [2.45, 2.75) is 33.2 Å². The highest BCUT2D eigenvalue weighted by Gasteiger charge is 2.19. The number of amides is 1. The molecule has 8 heteroatoms. The van der Waals surface area contributed by atoms with Crippen LogP contribution in [0.2, 0.25) is 0 Å². The summed E-state index contributed by atoms with van der Waals surface area (Å²) >= 11 is 1.32. The second-order valence-electron chi connectivity index (χ2n) is 7.02. The number of aromatic nitrogens is 1. The van der Waals surface area contributed by atoms with Gasteiger partial charge < -0.3 is 14.6 Å². The predicted molar refractivity (Wildman–Crippen MR) is 118 cm³/mol. The van der Waals surface area contributed by atoms with Crippen LogP contribution in [0.25, 0.3) is 0 Å². The number of carbonyl (C=O) groups excluding carboxylic acids is 2. The van der Waals surface area contributed by atoms with Gasteiger partial charge in [0.2, 0.25) is 0 Å². The van der Waals surface area contributed by atoms with E-state index in [2.05, 4.69) is 10.1 Å². The highest BCUT2D eigenvalue weighted by atomic mass is 32.1. The number of ether oxygens (including phenoxy) is 1. The maximum absolute atomic E-state index is 13.2. The Morgan fingerprint density at radius 2 is 1.90 bits per heavy atom. The summed E-state index contributed by atoms with van der Waals surface area (Å²) in [6.07, 6.45) is 0.643. The molecule has 162 valence electrons. The van der Waals surface area contributed by atoms with Gasteiger partial charge in [-0.3, -0.25) is 14.4 Å². The van der Waals surface area contributed by atoms with Gasteiger partial charge in [-0.2, -0.15) is 0 Å². The number of benzene rings is 1. The largest absolute Gasteiger partial charge is 0.469 e. The highest BCUT2D eigenvalue weighted by Crippen LogP contribution is 2.24. The molecule has 1 N–H and O–H groups in total. The Labute approximate surface area is 183 Å². The molecule has 0 unspecified atom stereocenters. The van der Waals surface area contributed by atoms with Gasteiger partial charge in [0.15, 0.2) is 0 Å². The van der Waals surface area contributed by atoms with Crippen molar-refractivity contribution >= 4 is 28.9 Å². The Morgan fingerprint density at radius 1 is 1.19 bits per heavy atom. The molecule has 31 heavy (non-hydrogen) atoms. The zero-order valence-electron chi connectivity index (χ0n) is 17.5. The van der Waals surface area contributed by atoms with Crippen molar-refractivity contribution in [3.05, 3.63) is 85.2 Å². The average molecular weight is 443 g/mol. The van der Waals surface area contributed by atoms with Crippen molar-refractivity contribution in [3.63, 3.8) is 0 Å². The zero-order valence-corrected chi connectivity index (χ0v) is 18.3. The Balaban J connectivity index is 1.95. The van der Waals surface area contributed by atoms with E-state index in [4.69, 9.17) is 0 Å². The minimum atomic E-state index is -0.548. The molecule has 0 atom stereocenters. The first-order valence-electron chi connectivity index (χ1n) is 9.76. The van der Waals surface area contributed by atoms with Gasteiger partial charge in [-0.05, 0) is 54.1 Å². The summed E-state index contributed by atoms with van der Waals surface area (Å²) in [5.74, 6) is -1.31. The van der Waals surface area contributed by atoms with Crippen LogP contribution in [0.4, 0.5) is 10.1 Å². The Hall–Kier alpha value is -3.26. The number of pyridine rings is 1. The predicted octanol–water partition coefficient (Wildman–Crippen LogP) is 3.94. The number of carbonyl (C=O) groups is 2. The van der Waals surface area contributed by atoms with Crippen LogP contribution >= 0.6 is 11.3 Å². The molecular weight excluding hydrogens is 419 g/mol. The maximum Gasteiger partial charge on any atom is 0.310 e. The standard InChI is InChI=1S/C23H23FN2O4S/c1-4-19-14(2)11-17(23(29)26(19)13-15-5-7-16(24)8-6-15)22(28)25-18-9-10-31-20(18)12-21(27)30-3/h5-11H,4,12-13H2,1-3H3,(H,25,28). The summed E-state index contributed by atoms with van der Waals surface area (Å²) in [5, 5.41) is 4.50. The molecule has 2 aromatic heterocycles. The van der Waals surface area contributed by atoms with Crippen molar-refractivity contribution in [1.82, 2.24) is 4.57 Å². The second kappa shape index (κ2) is 9.70. The van der Waals surface area contributed by atoms with Crippen molar-refractivity contribution in [2.24, 2.45) is 0 Å². The van der Waals surface area contributed by atoms with Gasteiger partial charge in [0.1, 0.15) is 11.4 Å². The smallest absolute Gasteiger partial charge is 0.310 e. The first kappa shape index (κ1) is 22.4. The van der Waals surface area contributed by atoms with Crippen LogP contribution in [0.15, 0.2) is 46.6 Å². The minimum Gasteiger partial charge on any atom is -0.469 e. The molecule has 0 saturated carbocycles. The lowest BCUT2D eigenvalue weighted by Gasteiger charge is -2.17. The molecule has 0 fully saturated rings. The summed E-state index contributed by atoms with van der Waals surface area (Å²) in [4.78, 5) is 38.4.